The van der Waals surface area contributed by atoms with Crippen molar-refractivity contribution < 1.29 is 24.2 Å². The Morgan fingerprint density at radius 2 is 1.62 bits per heavy atom. The van der Waals surface area contributed by atoms with E-state index in [0.29, 0.717) is 12.1 Å². The molecule has 37 heavy (non-hydrogen) atoms. The van der Waals surface area contributed by atoms with Crippen molar-refractivity contribution in [1.29, 1.82) is 0 Å². The molecule has 2 atom stereocenters. The van der Waals surface area contributed by atoms with Gasteiger partial charge in [-0.25, -0.2) is 4.79 Å². The van der Waals surface area contributed by atoms with Crippen molar-refractivity contribution in [2.24, 2.45) is 0 Å². The number of hydrogen-bond acceptors (Lipinski definition) is 5. The van der Waals surface area contributed by atoms with Crippen LogP contribution in [0.25, 0.3) is 0 Å². The van der Waals surface area contributed by atoms with Crippen molar-refractivity contribution >= 4 is 17.9 Å². The maximum atomic E-state index is 14.0. The highest BCUT2D eigenvalue weighted by molar-refractivity contribution is 5.92. The van der Waals surface area contributed by atoms with Crippen molar-refractivity contribution in [3.63, 3.8) is 0 Å². The zero-order valence-electron chi connectivity index (χ0n) is 22.6. The number of amides is 3. The zero-order valence-corrected chi connectivity index (χ0v) is 22.6. The maximum absolute atomic E-state index is 14.0. The van der Waals surface area contributed by atoms with Gasteiger partial charge in [-0.2, -0.15) is 0 Å². The molecule has 0 saturated heterocycles. The highest BCUT2D eigenvalue weighted by atomic mass is 16.6. The molecule has 202 valence electrons. The van der Waals surface area contributed by atoms with Crippen LogP contribution in [-0.4, -0.2) is 52.6 Å². The molecule has 2 unspecified atom stereocenters. The summed E-state index contributed by atoms with van der Waals surface area (Å²) in [6.07, 6.45) is 2.37. The van der Waals surface area contributed by atoms with Crippen molar-refractivity contribution in [2.45, 2.75) is 78.0 Å². The summed E-state index contributed by atoms with van der Waals surface area (Å²) < 4.78 is 5.42. The third-order valence-electron chi connectivity index (χ3n) is 5.74. The second kappa shape index (κ2) is 14.3. The van der Waals surface area contributed by atoms with Crippen molar-refractivity contribution in [2.75, 3.05) is 13.1 Å². The number of benzene rings is 2. The van der Waals surface area contributed by atoms with Gasteiger partial charge in [-0.3, -0.25) is 9.59 Å². The Bertz CT molecular complexity index is 1000. The number of phenolic OH excluding ortho intramolecular Hbond substituents is 1. The summed E-state index contributed by atoms with van der Waals surface area (Å²) in [5.74, 6) is -0.652. The summed E-state index contributed by atoms with van der Waals surface area (Å²) in [5.41, 5.74) is 0.692. The van der Waals surface area contributed by atoms with E-state index in [1.54, 1.807) is 39.8 Å². The summed E-state index contributed by atoms with van der Waals surface area (Å²) in [5, 5.41) is 15.5. The number of alkyl carbamates (subject to hydrolysis) is 1. The van der Waals surface area contributed by atoms with E-state index < -0.39 is 29.7 Å². The van der Waals surface area contributed by atoms with Crippen LogP contribution in [0.5, 0.6) is 5.75 Å². The van der Waals surface area contributed by atoms with Crippen molar-refractivity contribution in [3.8, 4) is 5.75 Å². The minimum absolute atomic E-state index is 0.0637. The SMILES string of the molecule is CCCCCNC(=O)C(c1ccc(O)cc1)N(CC)C(=O)C(Cc1ccccc1)NC(=O)OC(C)(C)C. The normalized spacial score (nSPS) is 12.8. The van der Waals surface area contributed by atoms with Crippen LogP contribution < -0.4 is 10.6 Å². The van der Waals surface area contributed by atoms with Gasteiger partial charge in [-0.1, -0.05) is 62.2 Å². The Morgan fingerprint density at radius 3 is 2.19 bits per heavy atom. The van der Waals surface area contributed by atoms with Crippen LogP contribution in [0.3, 0.4) is 0 Å². The highest BCUT2D eigenvalue weighted by Crippen LogP contribution is 2.25. The molecule has 0 radical (unpaired) electrons. The number of aromatic hydroxyl groups is 1. The second-order valence-corrected chi connectivity index (χ2v) is 10.0. The summed E-state index contributed by atoms with van der Waals surface area (Å²) in [6, 6.07) is 13.7. The van der Waals surface area contributed by atoms with Crippen LogP contribution in [0, 0.1) is 0 Å². The molecule has 3 amide bonds. The molecular weight excluding hydrogens is 470 g/mol. The molecule has 0 bridgehead atoms. The number of carbonyl (C=O) groups excluding carboxylic acids is 3. The number of nitrogens with one attached hydrogen (secondary N) is 2. The number of phenols is 1. The van der Waals surface area contributed by atoms with Gasteiger partial charge in [0.1, 0.15) is 23.4 Å². The van der Waals surface area contributed by atoms with Crippen molar-refractivity contribution in [3.05, 3.63) is 65.7 Å². The van der Waals surface area contributed by atoms with Gasteiger partial charge in [-0.15, -0.1) is 0 Å². The van der Waals surface area contributed by atoms with E-state index in [1.807, 2.05) is 30.3 Å². The Balaban J connectivity index is 2.39. The number of rotatable bonds is 12. The minimum atomic E-state index is -0.954. The van der Waals surface area contributed by atoms with Gasteiger partial charge < -0.3 is 25.4 Å². The smallest absolute Gasteiger partial charge is 0.408 e. The molecule has 0 aliphatic carbocycles. The van der Waals surface area contributed by atoms with Gasteiger partial charge in [0, 0.05) is 19.5 Å². The molecule has 2 aromatic rings. The second-order valence-electron chi connectivity index (χ2n) is 10.0. The number of hydrogen-bond donors (Lipinski definition) is 3. The molecule has 2 rings (SSSR count). The molecule has 3 N–H and O–H groups in total. The first-order chi connectivity index (χ1) is 17.6. The standard InChI is InChI=1S/C29H41N3O5/c1-6-8-12-19-30-26(34)25(22-15-17-23(33)18-16-22)32(7-2)27(35)24(20-21-13-10-9-11-14-21)31-28(36)37-29(3,4)5/h9-11,13-18,24-25,33H,6-8,12,19-20H2,1-5H3,(H,30,34)(H,31,36). The van der Waals surface area contributed by atoms with E-state index in [4.69, 9.17) is 4.74 Å². The van der Waals surface area contributed by atoms with Gasteiger partial charge in [-0.05, 0) is 57.4 Å². The largest absolute Gasteiger partial charge is 0.508 e. The van der Waals surface area contributed by atoms with E-state index in [9.17, 15) is 19.5 Å². The molecular formula is C29H41N3O5. The zero-order chi connectivity index (χ0) is 27.4. The van der Waals surface area contributed by atoms with E-state index in [2.05, 4.69) is 17.6 Å². The van der Waals surface area contributed by atoms with Crippen LogP contribution >= 0.6 is 0 Å². The highest BCUT2D eigenvalue weighted by Gasteiger charge is 2.35. The topological polar surface area (TPSA) is 108 Å². The van der Waals surface area contributed by atoms with Crippen LogP contribution in [0.4, 0.5) is 4.79 Å². The predicted molar refractivity (Wildman–Crippen MR) is 144 cm³/mol. The molecule has 0 spiro atoms. The fraction of sp³-hybridized carbons (Fsp3) is 0.483. The lowest BCUT2D eigenvalue weighted by molar-refractivity contribution is -0.142. The summed E-state index contributed by atoms with van der Waals surface area (Å²) in [4.78, 5) is 41.5. The summed E-state index contributed by atoms with van der Waals surface area (Å²) >= 11 is 0. The van der Waals surface area contributed by atoms with E-state index in [1.165, 1.54) is 17.0 Å². The molecule has 0 aromatic heterocycles. The third kappa shape index (κ3) is 9.79. The number of unbranched alkanes of at least 4 members (excludes halogenated alkanes) is 2. The molecule has 8 nitrogen and oxygen atoms in total. The molecule has 0 aliphatic heterocycles. The number of ether oxygens (including phenoxy) is 1. The van der Waals surface area contributed by atoms with Gasteiger partial charge in [0.2, 0.25) is 11.8 Å². The van der Waals surface area contributed by atoms with Crippen LogP contribution in [0.2, 0.25) is 0 Å². The van der Waals surface area contributed by atoms with Gasteiger partial charge in [0.05, 0.1) is 0 Å². The predicted octanol–water partition coefficient (Wildman–Crippen LogP) is 4.72. The molecule has 2 aromatic carbocycles. The first-order valence-corrected chi connectivity index (χ1v) is 13.0. The Labute approximate surface area is 220 Å². The van der Waals surface area contributed by atoms with Crippen LogP contribution in [-0.2, 0) is 20.7 Å². The molecule has 0 fully saturated rings. The van der Waals surface area contributed by atoms with Gasteiger partial charge in [0.25, 0.3) is 0 Å². The maximum Gasteiger partial charge on any atom is 0.408 e. The fourth-order valence-corrected chi connectivity index (χ4v) is 3.98. The Kier molecular flexibility index (Phi) is 11.4. The number of carbonyl (C=O) groups is 3. The first-order valence-electron chi connectivity index (χ1n) is 13.0. The van der Waals surface area contributed by atoms with Gasteiger partial charge in [0.15, 0.2) is 0 Å². The van der Waals surface area contributed by atoms with E-state index in [-0.39, 0.29) is 24.6 Å². The summed E-state index contributed by atoms with van der Waals surface area (Å²) in [6.45, 7) is 9.87. The monoisotopic (exact) mass is 511 g/mol. The van der Waals surface area contributed by atoms with E-state index in [0.717, 1.165) is 24.8 Å². The molecule has 0 heterocycles. The molecule has 0 saturated carbocycles. The molecule has 0 aliphatic rings. The van der Waals surface area contributed by atoms with Crippen molar-refractivity contribution in [1.82, 2.24) is 15.5 Å². The Morgan fingerprint density at radius 1 is 0.973 bits per heavy atom. The number of likely N-dealkylation sites (N-methyl/N-ethyl adjacent to an activating group) is 1. The minimum Gasteiger partial charge on any atom is -0.508 e. The van der Waals surface area contributed by atoms with E-state index >= 15 is 0 Å². The van der Waals surface area contributed by atoms with Gasteiger partial charge >= 0.3 is 6.09 Å². The lowest BCUT2D eigenvalue weighted by Crippen LogP contribution is -2.53. The third-order valence-corrected chi connectivity index (χ3v) is 5.74. The summed E-state index contributed by atoms with van der Waals surface area (Å²) in [7, 11) is 0. The lowest BCUT2D eigenvalue weighted by atomic mass is 10.00. The average molecular weight is 512 g/mol. The number of nitrogens with zero attached hydrogens (tertiary/aromatic N) is 1. The first kappa shape index (κ1) is 29.7. The quantitative estimate of drug-likeness (QED) is 0.357. The lowest BCUT2D eigenvalue weighted by Gasteiger charge is -2.34. The van der Waals surface area contributed by atoms with Crippen LogP contribution in [0.1, 0.15) is 71.0 Å². The fourth-order valence-electron chi connectivity index (χ4n) is 3.98. The average Bonchev–Trinajstić information content (AvgIpc) is 2.84. The van der Waals surface area contributed by atoms with Crippen LogP contribution in [0.15, 0.2) is 54.6 Å². The Hall–Kier alpha value is -3.55. The molecule has 8 heteroatoms.